The Kier molecular flexibility index (Phi) is 5.81. The van der Waals surface area contributed by atoms with Crippen molar-refractivity contribution in [3.8, 4) is 11.1 Å². The van der Waals surface area contributed by atoms with E-state index in [9.17, 15) is 4.39 Å². The van der Waals surface area contributed by atoms with Gasteiger partial charge in [0.2, 0.25) is 0 Å². The Morgan fingerprint density at radius 3 is 2.50 bits per heavy atom. The van der Waals surface area contributed by atoms with Crippen LogP contribution in [-0.2, 0) is 6.54 Å². The van der Waals surface area contributed by atoms with E-state index in [2.05, 4.69) is 51.6 Å². The van der Waals surface area contributed by atoms with Crippen molar-refractivity contribution in [2.75, 3.05) is 18.4 Å². The molecule has 1 aliphatic rings. The topological polar surface area (TPSA) is 28.2 Å². The average Bonchev–Trinajstić information content (AvgIpc) is 2.78. The van der Waals surface area contributed by atoms with Crippen molar-refractivity contribution in [1.29, 1.82) is 0 Å². The molecule has 1 atom stereocenters. The first-order valence-electron chi connectivity index (χ1n) is 11.0. The minimum atomic E-state index is -0.247. The molecular formula is C27H25ClFN3. The van der Waals surface area contributed by atoms with Crippen LogP contribution in [0.2, 0.25) is 5.02 Å². The van der Waals surface area contributed by atoms with Gasteiger partial charge in [0.05, 0.1) is 22.3 Å². The Bertz CT molecular complexity index is 1250. The predicted octanol–water partition coefficient (Wildman–Crippen LogP) is 7.07. The molecular weight excluding hydrogens is 421 g/mol. The largest absolute Gasteiger partial charge is 0.377 e. The maximum Gasteiger partial charge on any atom is 0.128 e. The van der Waals surface area contributed by atoms with Crippen molar-refractivity contribution < 1.29 is 4.39 Å². The van der Waals surface area contributed by atoms with Gasteiger partial charge in [0.25, 0.3) is 0 Å². The van der Waals surface area contributed by atoms with E-state index < -0.39 is 0 Å². The number of nitrogens with zero attached hydrogens (tertiary/aromatic N) is 2. The summed E-state index contributed by atoms with van der Waals surface area (Å²) in [7, 11) is 0. The molecule has 5 rings (SSSR count). The molecule has 0 spiro atoms. The van der Waals surface area contributed by atoms with Gasteiger partial charge in [0.15, 0.2) is 0 Å². The quantitative estimate of drug-likeness (QED) is 0.344. The fourth-order valence-electron chi connectivity index (χ4n) is 4.22. The van der Waals surface area contributed by atoms with E-state index in [0.717, 1.165) is 34.3 Å². The van der Waals surface area contributed by atoms with Gasteiger partial charge in [-0.05, 0) is 61.3 Å². The molecule has 1 fully saturated rings. The SMILES string of the molecule is CC(Nc1c(Cl)cnc2ccc(-c3ccc(CN4CCC4)cc3)cc12)c1ccccc1F. The molecule has 3 nitrogen and oxygen atoms in total. The van der Waals surface area contributed by atoms with Crippen LogP contribution >= 0.6 is 11.6 Å². The molecule has 1 N–H and O–H groups in total. The summed E-state index contributed by atoms with van der Waals surface area (Å²) < 4.78 is 14.3. The molecule has 1 aliphatic heterocycles. The number of anilines is 1. The minimum absolute atomic E-state index is 0.235. The Morgan fingerprint density at radius 1 is 1.03 bits per heavy atom. The molecule has 5 heteroatoms. The van der Waals surface area contributed by atoms with Crippen LogP contribution in [0.1, 0.15) is 30.5 Å². The zero-order valence-electron chi connectivity index (χ0n) is 18.0. The van der Waals surface area contributed by atoms with E-state index in [1.807, 2.05) is 19.1 Å². The molecule has 0 bridgehead atoms. The molecule has 0 aliphatic carbocycles. The summed E-state index contributed by atoms with van der Waals surface area (Å²) in [4.78, 5) is 6.94. The third-order valence-electron chi connectivity index (χ3n) is 6.20. The van der Waals surface area contributed by atoms with Crippen molar-refractivity contribution in [3.63, 3.8) is 0 Å². The van der Waals surface area contributed by atoms with Crippen LogP contribution < -0.4 is 5.32 Å². The number of likely N-dealkylation sites (tertiary alicyclic amines) is 1. The summed E-state index contributed by atoms with van der Waals surface area (Å²) in [6.07, 6.45) is 2.95. The normalized spacial score (nSPS) is 14.8. The first-order valence-corrected chi connectivity index (χ1v) is 11.4. The maximum absolute atomic E-state index is 14.3. The fraction of sp³-hybridized carbons (Fsp3) is 0.222. The van der Waals surface area contributed by atoms with Gasteiger partial charge in [-0.3, -0.25) is 9.88 Å². The molecule has 1 saturated heterocycles. The Labute approximate surface area is 192 Å². The number of benzene rings is 3. The molecule has 32 heavy (non-hydrogen) atoms. The lowest BCUT2D eigenvalue weighted by atomic mass is 10.0. The van der Waals surface area contributed by atoms with Crippen LogP contribution in [0.3, 0.4) is 0 Å². The van der Waals surface area contributed by atoms with E-state index in [1.54, 1.807) is 18.3 Å². The first-order chi connectivity index (χ1) is 15.6. The van der Waals surface area contributed by atoms with Gasteiger partial charge in [-0.25, -0.2) is 4.39 Å². The van der Waals surface area contributed by atoms with Gasteiger partial charge in [-0.15, -0.1) is 0 Å². The number of aromatic nitrogens is 1. The van der Waals surface area contributed by atoms with Crippen LogP contribution in [-0.4, -0.2) is 23.0 Å². The van der Waals surface area contributed by atoms with Crippen molar-refractivity contribution in [2.45, 2.75) is 25.9 Å². The second kappa shape index (κ2) is 8.89. The summed E-state index contributed by atoms with van der Waals surface area (Å²) in [5, 5.41) is 4.85. The summed E-state index contributed by atoms with van der Waals surface area (Å²) in [5.74, 6) is -0.235. The number of rotatable bonds is 6. The summed E-state index contributed by atoms with van der Waals surface area (Å²) >= 11 is 6.54. The van der Waals surface area contributed by atoms with E-state index in [0.29, 0.717) is 10.6 Å². The first kappa shape index (κ1) is 20.9. The van der Waals surface area contributed by atoms with E-state index in [-0.39, 0.29) is 11.9 Å². The maximum atomic E-state index is 14.3. The van der Waals surface area contributed by atoms with Crippen LogP contribution in [0, 0.1) is 5.82 Å². The monoisotopic (exact) mass is 445 g/mol. The summed E-state index contributed by atoms with van der Waals surface area (Å²) in [6, 6.07) is 21.5. The van der Waals surface area contributed by atoms with Crippen molar-refractivity contribution in [2.24, 2.45) is 0 Å². The molecule has 0 saturated carbocycles. The Hall–Kier alpha value is -2.95. The Balaban J connectivity index is 1.47. The van der Waals surface area contributed by atoms with Crippen molar-refractivity contribution in [3.05, 3.63) is 94.9 Å². The van der Waals surface area contributed by atoms with Gasteiger partial charge in [0.1, 0.15) is 5.82 Å². The Morgan fingerprint density at radius 2 is 1.78 bits per heavy atom. The minimum Gasteiger partial charge on any atom is -0.377 e. The summed E-state index contributed by atoms with van der Waals surface area (Å²) in [5.41, 5.74) is 5.79. The van der Waals surface area contributed by atoms with Crippen molar-refractivity contribution in [1.82, 2.24) is 9.88 Å². The van der Waals surface area contributed by atoms with Crippen molar-refractivity contribution >= 4 is 28.2 Å². The molecule has 2 heterocycles. The second-order valence-electron chi connectivity index (χ2n) is 8.43. The zero-order chi connectivity index (χ0) is 22.1. The number of halogens is 2. The molecule has 4 aromatic rings. The third kappa shape index (κ3) is 4.21. The van der Waals surface area contributed by atoms with E-state index in [1.165, 1.54) is 31.1 Å². The smallest absolute Gasteiger partial charge is 0.128 e. The molecule has 0 radical (unpaired) electrons. The second-order valence-corrected chi connectivity index (χ2v) is 8.83. The molecule has 162 valence electrons. The number of hydrogen-bond acceptors (Lipinski definition) is 3. The van der Waals surface area contributed by atoms with Gasteiger partial charge >= 0.3 is 0 Å². The number of hydrogen-bond donors (Lipinski definition) is 1. The highest BCUT2D eigenvalue weighted by Gasteiger charge is 2.16. The number of nitrogens with one attached hydrogen (secondary N) is 1. The van der Waals surface area contributed by atoms with Gasteiger partial charge in [-0.1, -0.05) is 60.1 Å². The predicted molar refractivity (Wildman–Crippen MR) is 131 cm³/mol. The highest BCUT2D eigenvalue weighted by molar-refractivity contribution is 6.34. The molecule has 1 unspecified atom stereocenters. The van der Waals surface area contributed by atoms with Gasteiger partial charge in [-0.2, -0.15) is 0 Å². The van der Waals surface area contributed by atoms with Gasteiger partial charge in [0, 0.05) is 23.7 Å². The number of fused-ring (bicyclic) bond motifs is 1. The lowest BCUT2D eigenvalue weighted by Gasteiger charge is -2.30. The lowest BCUT2D eigenvalue weighted by Crippen LogP contribution is -2.36. The number of pyridine rings is 1. The van der Waals surface area contributed by atoms with Crippen LogP contribution in [0.25, 0.3) is 22.0 Å². The molecule has 1 aromatic heterocycles. The highest BCUT2D eigenvalue weighted by atomic mass is 35.5. The van der Waals surface area contributed by atoms with E-state index in [4.69, 9.17) is 11.6 Å². The third-order valence-corrected chi connectivity index (χ3v) is 6.48. The zero-order valence-corrected chi connectivity index (χ0v) is 18.7. The van der Waals surface area contributed by atoms with E-state index >= 15 is 0 Å². The van der Waals surface area contributed by atoms with Crippen LogP contribution in [0.5, 0.6) is 0 Å². The highest BCUT2D eigenvalue weighted by Crippen LogP contribution is 2.35. The molecule has 3 aromatic carbocycles. The van der Waals surface area contributed by atoms with Crippen LogP contribution in [0.4, 0.5) is 10.1 Å². The van der Waals surface area contributed by atoms with Gasteiger partial charge < -0.3 is 5.32 Å². The molecule has 0 amide bonds. The van der Waals surface area contributed by atoms with Crippen LogP contribution in [0.15, 0.2) is 72.9 Å². The fourth-order valence-corrected chi connectivity index (χ4v) is 4.42. The summed E-state index contributed by atoms with van der Waals surface area (Å²) in [6.45, 7) is 5.34. The average molecular weight is 446 g/mol. The standard InChI is InChI=1S/C27H25ClFN3/c1-18(22-5-2-3-6-25(22)29)31-27-23-15-21(11-12-26(23)30-16-24(27)28)20-9-7-19(8-10-20)17-32-13-4-14-32/h2-3,5-12,15-16,18H,4,13-14,17H2,1H3,(H,30,31). The lowest BCUT2D eigenvalue weighted by molar-refractivity contribution is 0.172.